The average Bonchev–Trinajstić information content (AvgIpc) is 2.84. The molecule has 3 aromatic rings. The van der Waals surface area contributed by atoms with E-state index in [4.69, 9.17) is 21.1 Å². The zero-order chi connectivity index (χ0) is 26.2. The summed E-state index contributed by atoms with van der Waals surface area (Å²) in [5.41, 5.74) is 3.59. The van der Waals surface area contributed by atoms with Crippen molar-refractivity contribution < 1.29 is 19.2 Å². The van der Waals surface area contributed by atoms with Gasteiger partial charge in [0.05, 0.1) is 16.6 Å². The SMILES string of the molecule is CCOc1cc(/C=C(\C#N)C(=O)Nc2ccc(C)c(C)c2)cc(Cl)c1OCc1cccc([N+](=O)[O-])c1. The van der Waals surface area contributed by atoms with E-state index in [9.17, 15) is 20.2 Å². The van der Waals surface area contributed by atoms with Gasteiger partial charge in [-0.3, -0.25) is 14.9 Å². The van der Waals surface area contributed by atoms with E-state index in [1.165, 1.54) is 18.2 Å². The second-order valence-corrected chi connectivity index (χ2v) is 8.31. The third-order valence-corrected chi connectivity index (χ3v) is 5.56. The Hall–Kier alpha value is -4.35. The van der Waals surface area contributed by atoms with Gasteiger partial charge in [-0.05, 0) is 73.4 Å². The highest BCUT2D eigenvalue weighted by Gasteiger charge is 2.16. The molecule has 184 valence electrons. The van der Waals surface area contributed by atoms with Gasteiger partial charge in [-0.15, -0.1) is 0 Å². The number of nitro benzene ring substituents is 1. The van der Waals surface area contributed by atoms with Crippen LogP contribution in [0.4, 0.5) is 11.4 Å². The number of rotatable bonds is 9. The van der Waals surface area contributed by atoms with Gasteiger partial charge in [-0.1, -0.05) is 29.8 Å². The van der Waals surface area contributed by atoms with Crippen molar-refractivity contribution >= 4 is 35.0 Å². The summed E-state index contributed by atoms with van der Waals surface area (Å²) >= 11 is 6.46. The Kier molecular flexibility index (Phi) is 8.66. The summed E-state index contributed by atoms with van der Waals surface area (Å²) in [5, 5.41) is 23.5. The van der Waals surface area contributed by atoms with Gasteiger partial charge in [0.15, 0.2) is 11.5 Å². The number of amides is 1. The van der Waals surface area contributed by atoms with Crippen LogP contribution < -0.4 is 14.8 Å². The van der Waals surface area contributed by atoms with Crippen molar-refractivity contribution in [2.75, 3.05) is 11.9 Å². The Morgan fingerprint density at radius 2 is 1.92 bits per heavy atom. The van der Waals surface area contributed by atoms with E-state index >= 15 is 0 Å². The molecule has 3 rings (SSSR count). The van der Waals surface area contributed by atoms with Crippen molar-refractivity contribution in [3.63, 3.8) is 0 Å². The standard InChI is InChI=1S/C27H24ClN3O5/c1-4-35-25-14-20(11-21(15-29)27(32)30-22-9-8-17(2)18(3)10-22)13-24(28)26(25)36-16-19-6-5-7-23(12-19)31(33)34/h5-14H,4,16H2,1-3H3,(H,30,32)/b21-11+. The van der Waals surface area contributed by atoms with Crippen molar-refractivity contribution in [1.82, 2.24) is 0 Å². The van der Waals surface area contributed by atoms with Gasteiger partial charge in [0.1, 0.15) is 18.2 Å². The zero-order valence-corrected chi connectivity index (χ0v) is 20.8. The third-order valence-electron chi connectivity index (χ3n) is 5.28. The number of hydrogen-bond acceptors (Lipinski definition) is 6. The van der Waals surface area contributed by atoms with E-state index in [-0.39, 0.29) is 28.6 Å². The van der Waals surface area contributed by atoms with Crippen LogP contribution in [0.3, 0.4) is 0 Å². The van der Waals surface area contributed by atoms with Crippen molar-refractivity contribution in [3.05, 3.63) is 97.6 Å². The fraction of sp³-hybridized carbons (Fsp3) is 0.185. The summed E-state index contributed by atoms with van der Waals surface area (Å²) < 4.78 is 11.5. The van der Waals surface area contributed by atoms with Crippen LogP contribution in [0, 0.1) is 35.3 Å². The number of aryl methyl sites for hydroxylation is 2. The smallest absolute Gasteiger partial charge is 0.269 e. The second kappa shape index (κ2) is 11.9. The Bertz CT molecular complexity index is 1380. The van der Waals surface area contributed by atoms with Crippen molar-refractivity contribution in [2.45, 2.75) is 27.4 Å². The van der Waals surface area contributed by atoms with E-state index < -0.39 is 10.8 Å². The van der Waals surface area contributed by atoms with E-state index in [0.29, 0.717) is 29.2 Å². The topological polar surface area (TPSA) is 114 Å². The quantitative estimate of drug-likeness (QED) is 0.156. The first-order valence-electron chi connectivity index (χ1n) is 11.0. The third kappa shape index (κ3) is 6.62. The van der Waals surface area contributed by atoms with Crippen LogP contribution >= 0.6 is 11.6 Å². The first kappa shape index (κ1) is 26.3. The molecule has 0 bridgehead atoms. The lowest BCUT2D eigenvalue weighted by Gasteiger charge is -2.15. The number of hydrogen-bond donors (Lipinski definition) is 1. The number of ether oxygens (including phenoxy) is 2. The Balaban J connectivity index is 1.85. The molecule has 9 heteroatoms. The van der Waals surface area contributed by atoms with Crippen molar-refractivity contribution in [3.8, 4) is 17.6 Å². The van der Waals surface area contributed by atoms with E-state index in [2.05, 4.69) is 5.32 Å². The number of carbonyl (C=O) groups excluding carboxylic acids is 1. The highest BCUT2D eigenvalue weighted by molar-refractivity contribution is 6.32. The van der Waals surface area contributed by atoms with Crippen LogP contribution in [-0.2, 0) is 11.4 Å². The second-order valence-electron chi connectivity index (χ2n) is 7.90. The molecular formula is C27H24ClN3O5. The van der Waals surface area contributed by atoms with Crippen molar-refractivity contribution in [2.24, 2.45) is 0 Å². The number of halogens is 1. The molecule has 1 amide bonds. The van der Waals surface area contributed by atoms with Gasteiger partial charge in [-0.2, -0.15) is 5.26 Å². The fourth-order valence-electron chi connectivity index (χ4n) is 3.32. The van der Waals surface area contributed by atoms with Crippen LogP contribution in [0.1, 0.15) is 29.2 Å². The summed E-state index contributed by atoms with van der Waals surface area (Å²) in [6.45, 7) is 6.04. The molecule has 0 saturated carbocycles. The van der Waals surface area contributed by atoms with Crippen LogP contribution in [0.5, 0.6) is 11.5 Å². The largest absolute Gasteiger partial charge is 0.490 e. The minimum atomic E-state index is -0.555. The molecule has 8 nitrogen and oxygen atoms in total. The monoisotopic (exact) mass is 505 g/mol. The number of nitriles is 1. The van der Waals surface area contributed by atoms with Crippen LogP contribution in [-0.4, -0.2) is 17.4 Å². The number of carbonyl (C=O) groups is 1. The van der Waals surface area contributed by atoms with E-state index in [0.717, 1.165) is 11.1 Å². The highest BCUT2D eigenvalue weighted by Crippen LogP contribution is 2.38. The van der Waals surface area contributed by atoms with Crippen LogP contribution in [0.25, 0.3) is 6.08 Å². The Morgan fingerprint density at radius 3 is 2.58 bits per heavy atom. The van der Waals surface area contributed by atoms with Crippen molar-refractivity contribution in [1.29, 1.82) is 5.26 Å². The van der Waals surface area contributed by atoms with Gasteiger partial charge < -0.3 is 14.8 Å². The molecule has 0 saturated heterocycles. The summed E-state index contributed by atoms with van der Waals surface area (Å²) in [5.74, 6) is 0.00892. The maximum atomic E-state index is 12.7. The van der Waals surface area contributed by atoms with Gasteiger partial charge in [0.25, 0.3) is 11.6 Å². The van der Waals surface area contributed by atoms with Gasteiger partial charge in [-0.25, -0.2) is 0 Å². The predicted molar refractivity (Wildman–Crippen MR) is 138 cm³/mol. The molecule has 0 aliphatic rings. The minimum absolute atomic E-state index is 0.0263. The molecule has 0 unspecified atom stereocenters. The summed E-state index contributed by atoms with van der Waals surface area (Å²) in [6, 6.07) is 16.7. The van der Waals surface area contributed by atoms with Crippen LogP contribution in [0.15, 0.2) is 60.2 Å². The average molecular weight is 506 g/mol. The Labute approximate surface area is 213 Å². The number of nitrogens with one attached hydrogen (secondary N) is 1. The molecule has 0 heterocycles. The highest BCUT2D eigenvalue weighted by atomic mass is 35.5. The minimum Gasteiger partial charge on any atom is -0.490 e. The lowest BCUT2D eigenvalue weighted by molar-refractivity contribution is -0.384. The number of benzene rings is 3. The Morgan fingerprint density at radius 1 is 1.14 bits per heavy atom. The summed E-state index contributed by atoms with van der Waals surface area (Å²) in [7, 11) is 0. The molecule has 0 fully saturated rings. The number of nitrogens with zero attached hydrogens (tertiary/aromatic N) is 2. The predicted octanol–water partition coefficient (Wildman–Crippen LogP) is 6.39. The molecule has 0 spiro atoms. The van der Waals surface area contributed by atoms with E-state index in [1.807, 2.05) is 32.0 Å². The first-order valence-corrected chi connectivity index (χ1v) is 11.4. The normalized spacial score (nSPS) is 10.9. The molecule has 0 aliphatic heterocycles. The molecule has 0 aliphatic carbocycles. The maximum Gasteiger partial charge on any atom is 0.269 e. The lowest BCUT2D eigenvalue weighted by Crippen LogP contribution is -2.13. The number of anilines is 1. The van der Waals surface area contributed by atoms with Gasteiger partial charge in [0, 0.05) is 17.8 Å². The maximum absolute atomic E-state index is 12.7. The zero-order valence-electron chi connectivity index (χ0n) is 20.0. The molecule has 3 aromatic carbocycles. The summed E-state index contributed by atoms with van der Waals surface area (Å²) in [4.78, 5) is 23.2. The number of nitro groups is 1. The lowest BCUT2D eigenvalue weighted by atomic mass is 10.1. The summed E-state index contributed by atoms with van der Waals surface area (Å²) in [6.07, 6.45) is 1.41. The van der Waals surface area contributed by atoms with Gasteiger partial charge in [0.2, 0.25) is 0 Å². The molecular weight excluding hydrogens is 482 g/mol. The molecule has 0 radical (unpaired) electrons. The van der Waals surface area contributed by atoms with E-state index in [1.54, 1.807) is 37.3 Å². The molecule has 1 N–H and O–H groups in total. The first-order chi connectivity index (χ1) is 17.2. The fourth-order valence-corrected chi connectivity index (χ4v) is 3.60. The van der Waals surface area contributed by atoms with Crippen LogP contribution in [0.2, 0.25) is 5.02 Å². The molecule has 0 aromatic heterocycles. The molecule has 36 heavy (non-hydrogen) atoms. The molecule has 0 atom stereocenters. The van der Waals surface area contributed by atoms with Gasteiger partial charge >= 0.3 is 0 Å². The number of non-ortho nitro benzene ring substituents is 1.